The Hall–Kier alpha value is -1.29. The summed E-state index contributed by atoms with van der Waals surface area (Å²) in [5, 5.41) is 3.47. The number of rotatable bonds is 5. The van der Waals surface area contributed by atoms with Gasteiger partial charge in [-0.25, -0.2) is 4.98 Å². The molecule has 0 unspecified atom stereocenters. The predicted molar refractivity (Wildman–Crippen MR) is 75.3 cm³/mol. The highest BCUT2D eigenvalue weighted by Crippen LogP contribution is 2.20. The van der Waals surface area contributed by atoms with Crippen LogP contribution in [0.3, 0.4) is 0 Å². The topological polar surface area (TPSA) is 45.2 Å². The summed E-state index contributed by atoms with van der Waals surface area (Å²) < 4.78 is 0. The fraction of sp³-hybridized carbons (Fsp3) is 0.538. The molecule has 1 rings (SSSR count). The van der Waals surface area contributed by atoms with Crippen LogP contribution in [0.1, 0.15) is 38.1 Å². The number of hydrogen-bond donors (Lipinski definition) is 1. The summed E-state index contributed by atoms with van der Waals surface area (Å²) in [7, 11) is 0. The molecule has 0 aliphatic carbocycles. The van der Waals surface area contributed by atoms with Crippen molar-refractivity contribution in [1.29, 1.82) is 0 Å². The Morgan fingerprint density at radius 1 is 1.50 bits per heavy atom. The van der Waals surface area contributed by atoms with Crippen molar-refractivity contribution in [3.8, 4) is 0 Å². The van der Waals surface area contributed by atoms with E-state index in [2.05, 4.69) is 10.3 Å². The van der Waals surface area contributed by atoms with Crippen LogP contribution in [0.15, 0.2) is 12.3 Å². The second kappa shape index (κ2) is 6.59. The summed E-state index contributed by atoms with van der Waals surface area (Å²) in [6.45, 7) is 9.32. The van der Waals surface area contributed by atoms with E-state index in [-0.39, 0.29) is 11.9 Å². The molecule has 0 saturated carbocycles. The van der Waals surface area contributed by atoms with Crippen molar-refractivity contribution in [2.75, 3.05) is 18.4 Å². The summed E-state index contributed by atoms with van der Waals surface area (Å²) in [6.07, 6.45) is 1.51. The first-order valence-corrected chi connectivity index (χ1v) is 6.59. The lowest BCUT2D eigenvalue weighted by atomic mass is 10.2. The number of halogens is 1. The molecule has 1 N–H and O–H groups in total. The smallest absolute Gasteiger partial charge is 0.255 e. The highest BCUT2D eigenvalue weighted by Gasteiger charge is 2.20. The molecule has 0 spiro atoms. The molecule has 0 aliphatic heterocycles. The maximum Gasteiger partial charge on any atom is 0.255 e. The fourth-order valence-corrected chi connectivity index (χ4v) is 1.96. The zero-order valence-electron chi connectivity index (χ0n) is 11.3. The third kappa shape index (κ3) is 3.35. The average molecular weight is 270 g/mol. The molecule has 0 aromatic carbocycles. The highest BCUT2D eigenvalue weighted by atomic mass is 35.5. The molecular weight excluding hydrogens is 250 g/mol. The van der Waals surface area contributed by atoms with E-state index in [4.69, 9.17) is 11.6 Å². The molecule has 0 radical (unpaired) electrons. The van der Waals surface area contributed by atoms with Gasteiger partial charge in [0.1, 0.15) is 5.82 Å². The predicted octanol–water partition coefficient (Wildman–Crippen LogP) is 3.04. The number of nitrogens with one attached hydrogen (secondary N) is 1. The zero-order valence-corrected chi connectivity index (χ0v) is 12.1. The second-order valence-electron chi connectivity index (χ2n) is 4.26. The van der Waals surface area contributed by atoms with Crippen LogP contribution in [0.4, 0.5) is 5.82 Å². The van der Waals surface area contributed by atoms with E-state index in [1.165, 1.54) is 6.20 Å². The summed E-state index contributed by atoms with van der Waals surface area (Å²) in [5.41, 5.74) is 0.498. The maximum atomic E-state index is 12.4. The van der Waals surface area contributed by atoms with Gasteiger partial charge in [-0.2, -0.15) is 0 Å². The minimum atomic E-state index is -0.0564. The molecule has 1 aromatic rings. The summed E-state index contributed by atoms with van der Waals surface area (Å²) >= 11 is 6.06. The van der Waals surface area contributed by atoms with Crippen LogP contribution < -0.4 is 5.32 Å². The Labute approximate surface area is 113 Å². The van der Waals surface area contributed by atoms with Gasteiger partial charge in [0.15, 0.2) is 0 Å². The van der Waals surface area contributed by atoms with Gasteiger partial charge < -0.3 is 10.2 Å². The molecule has 0 aliphatic rings. The molecule has 4 nitrogen and oxygen atoms in total. The molecule has 100 valence electrons. The number of anilines is 1. The third-order valence-corrected chi connectivity index (χ3v) is 2.97. The van der Waals surface area contributed by atoms with E-state index in [0.29, 0.717) is 22.9 Å². The van der Waals surface area contributed by atoms with Crippen LogP contribution in [-0.2, 0) is 0 Å². The lowest BCUT2D eigenvalue weighted by Crippen LogP contribution is -2.36. The van der Waals surface area contributed by atoms with Gasteiger partial charge in [0.25, 0.3) is 5.91 Å². The number of pyridine rings is 1. The minimum Gasteiger partial charge on any atom is -0.370 e. The van der Waals surface area contributed by atoms with Gasteiger partial charge >= 0.3 is 0 Å². The normalized spacial score (nSPS) is 10.6. The summed E-state index contributed by atoms with van der Waals surface area (Å²) in [4.78, 5) is 18.3. The molecule has 0 saturated heterocycles. The van der Waals surface area contributed by atoms with Gasteiger partial charge in [-0.05, 0) is 33.8 Å². The van der Waals surface area contributed by atoms with E-state index in [1.807, 2.05) is 27.7 Å². The van der Waals surface area contributed by atoms with Gasteiger partial charge in [-0.1, -0.05) is 11.6 Å². The van der Waals surface area contributed by atoms with Gasteiger partial charge in [-0.3, -0.25) is 4.79 Å². The maximum absolute atomic E-state index is 12.4. The van der Waals surface area contributed by atoms with Gasteiger partial charge in [0.2, 0.25) is 0 Å². The number of amides is 1. The zero-order chi connectivity index (χ0) is 13.7. The molecule has 1 heterocycles. The van der Waals surface area contributed by atoms with Crippen LogP contribution in [-0.4, -0.2) is 34.9 Å². The Balaban J connectivity index is 3.06. The summed E-state index contributed by atoms with van der Waals surface area (Å²) in [6, 6.07) is 1.86. The second-order valence-corrected chi connectivity index (χ2v) is 4.67. The number of carbonyl (C=O) groups is 1. The number of nitrogens with zero attached hydrogens (tertiary/aromatic N) is 2. The average Bonchev–Trinajstić information content (AvgIpc) is 2.32. The lowest BCUT2D eigenvalue weighted by Gasteiger charge is -2.25. The van der Waals surface area contributed by atoms with E-state index >= 15 is 0 Å². The third-order valence-electron chi connectivity index (χ3n) is 2.67. The van der Waals surface area contributed by atoms with Crippen molar-refractivity contribution in [1.82, 2.24) is 9.88 Å². The van der Waals surface area contributed by atoms with Crippen molar-refractivity contribution in [3.05, 3.63) is 22.8 Å². The molecular formula is C13H20ClN3O. The van der Waals surface area contributed by atoms with Crippen LogP contribution in [0.2, 0.25) is 5.02 Å². The Morgan fingerprint density at radius 3 is 2.67 bits per heavy atom. The molecule has 5 heteroatoms. The highest BCUT2D eigenvalue weighted by molar-refractivity contribution is 6.33. The first-order valence-electron chi connectivity index (χ1n) is 6.21. The fourth-order valence-electron chi connectivity index (χ4n) is 1.78. The van der Waals surface area contributed by atoms with Crippen LogP contribution in [0.5, 0.6) is 0 Å². The van der Waals surface area contributed by atoms with Gasteiger partial charge in [0.05, 0.1) is 10.6 Å². The SMILES string of the molecule is CCNc1cc(C(=O)N(CC)C(C)C)c(Cl)cn1. The van der Waals surface area contributed by atoms with E-state index in [1.54, 1.807) is 11.0 Å². The molecule has 1 amide bonds. The van der Waals surface area contributed by atoms with Crippen molar-refractivity contribution in [3.63, 3.8) is 0 Å². The van der Waals surface area contributed by atoms with Crippen molar-refractivity contribution < 1.29 is 4.79 Å². The Bertz CT molecular complexity index is 421. The largest absolute Gasteiger partial charge is 0.370 e. The molecule has 0 atom stereocenters. The molecule has 1 aromatic heterocycles. The monoisotopic (exact) mass is 269 g/mol. The first kappa shape index (κ1) is 14.8. The van der Waals surface area contributed by atoms with Crippen LogP contribution in [0.25, 0.3) is 0 Å². The van der Waals surface area contributed by atoms with Gasteiger partial charge in [-0.15, -0.1) is 0 Å². The van der Waals surface area contributed by atoms with Crippen molar-refractivity contribution in [2.45, 2.75) is 33.7 Å². The molecule has 0 bridgehead atoms. The van der Waals surface area contributed by atoms with Crippen molar-refractivity contribution in [2.24, 2.45) is 0 Å². The van der Waals surface area contributed by atoms with E-state index in [9.17, 15) is 4.79 Å². The van der Waals surface area contributed by atoms with Gasteiger partial charge in [0, 0.05) is 25.3 Å². The summed E-state index contributed by atoms with van der Waals surface area (Å²) in [5.74, 6) is 0.615. The van der Waals surface area contributed by atoms with Crippen LogP contribution in [0, 0.1) is 0 Å². The van der Waals surface area contributed by atoms with E-state index in [0.717, 1.165) is 6.54 Å². The number of carbonyl (C=O) groups excluding carboxylic acids is 1. The van der Waals surface area contributed by atoms with E-state index < -0.39 is 0 Å². The number of aromatic nitrogens is 1. The Kier molecular flexibility index (Phi) is 5.41. The standard InChI is InChI=1S/C13H20ClN3O/c1-5-15-12-7-10(11(14)8-16-12)13(18)17(6-2)9(3)4/h7-9H,5-6H2,1-4H3,(H,15,16). The first-order chi connectivity index (χ1) is 8.51. The lowest BCUT2D eigenvalue weighted by molar-refractivity contribution is 0.0717. The van der Waals surface area contributed by atoms with Crippen LogP contribution >= 0.6 is 11.6 Å². The van der Waals surface area contributed by atoms with Crippen molar-refractivity contribution >= 4 is 23.3 Å². The molecule has 18 heavy (non-hydrogen) atoms. The quantitative estimate of drug-likeness (QED) is 0.894. The minimum absolute atomic E-state index is 0.0564. The molecule has 0 fully saturated rings. The number of hydrogen-bond acceptors (Lipinski definition) is 3. The Morgan fingerprint density at radius 2 is 2.17 bits per heavy atom.